The van der Waals surface area contributed by atoms with Gasteiger partial charge in [0.1, 0.15) is 0 Å². The predicted molar refractivity (Wildman–Crippen MR) is 86.0 cm³/mol. The molecule has 1 aliphatic rings. The Bertz CT molecular complexity index is 361. The minimum absolute atomic E-state index is 0.246. The van der Waals surface area contributed by atoms with Gasteiger partial charge in [0.15, 0.2) is 0 Å². The zero-order valence-electron chi connectivity index (χ0n) is 14.0. The van der Waals surface area contributed by atoms with Crippen LogP contribution in [0.25, 0.3) is 0 Å². The molecule has 1 amide bonds. The van der Waals surface area contributed by atoms with Gasteiger partial charge in [-0.15, -0.1) is 0 Å². The summed E-state index contributed by atoms with van der Waals surface area (Å²) in [6.07, 6.45) is 1.66. The van der Waals surface area contributed by atoms with Gasteiger partial charge in [-0.25, -0.2) is 0 Å². The maximum Gasteiger partial charge on any atom is 0.222 e. The van der Waals surface area contributed by atoms with Crippen LogP contribution in [0.2, 0.25) is 0 Å². The van der Waals surface area contributed by atoms with E-state index >= 15 is 0 Å². The number of piperazine rings is 1. The van der Waals surface area contributed by atoms with Crippen LogP contribution in [0, 0.1) is 17.8 Å². The molecular weight excluding hydrogens is 264 g/mol. The van der Waals surface area contributed by atoms with E-state index in [0.29, 0.717) is 18.9 Å². The number of hydrogen-bond acceptors (Lipinski definition) is 3. The van der Waals surface area contributed by atoms with Crippen molar-refractivity contribution >= 4 is 5.91 Å². The Hall–Kier alpha value is -1.05. The summed E-state index contributed by atoms with van der Waals surface area (Å²) in [5, 5.41) is 0. The van der Waals surface area contributed by atoms with Crippen LogP contribution in [0.4, 0.5) is 0 Å². The summed E-state index contributed by atoms with van der Waals surface area (Å²) in [5.41, 5.74) is 0. The van der Waals surface area contributed by atoms with E-state index in [1.54, 1.807) is 0 Å². The summed E-state index contributed by atoms with van der Waals surface area (Å²) in [6.45, 7) is 13.3. The Balaban J connectivity index is 2.17. The fraction of sp³-hybridized carbons (Fsp3) is 0.824. The molecule has 0 aromatic carbocycles. The molecule has 4 nitrogen and oxygen atoms in total. The number of carbonyl (C=O) groups excluding carboxylic acids is 1. The molecule has 0 aliphatic carbocycles. The second kappa shape index (κ2) is 9.81. The normalized spacial score (nSPS) is 16.2. The minimum atomic E-state index is 0.246. The standard InChI is InChI=1S/C17H30N2O2/c1-15(2)7-5-9-18-10-12-19(13-11-18)17(20)8-6-14-21-16(3)4/h15-16H,6,8-14H2,1-4H3. The third kappa shape index (κ3) is 8.08. The number of hydrogen-bond donors (Lipinski definition) is 0. The Morgan fingerprint density at radius 2 is 1.81 bits per heavy atom. The Morgan fingerprint density at radius 1 is 1.14 bits per heavy atom. The summed E-state index contributed by atoms with van der Waals surface area (Å²) in [5.74, 6) is 7.08. The Kier molecular flexibility index (Phi) is 8.41. The maximum atomic E-state index is 12.1. The van der Waals surface area contributed by atoms with Gasteiger partial charge in [-0.2, -0.15) is 0 Å². The van der Waals surface area contributed by atoms with Gasteiger partial charge >= 0.3 is 0 Å². The van der Waals surface area contributed by atoms with Gasteiger partial charge in [-0.3, -0.25) is 9.69 Å². The van der Waals surface area contributed by atoms with Crippen molar-refractivity contribution < 1.29 is 9.53 Å². The van der Waals surface area contributed by atoms with Crippen molar-refractivity contribution in [2.45, 2.75) is 46.6 Å². The lowest BCUT2D eigenvalue weighted by molar-refractivity contribution is -0.133. The van der Waals surface area contributed by atoms with E-state index in [4.69, 9.17) is 4.74 Å². The van der Waals surface area contributed by atoms with Crippen molar-refractivity contribution in [1.82, 2.24) is 9.80 Å². The molecule has 0 saturated carbocycles. The van der Waals surface area contributed by atoms with E-state index in [2.05, 4.69) is 30.6 Å². The molecule has 0 unspecified atom stereocenters. The van der Waals surface area contributed by atoms with Crippen molar-refractivity contribution in [2.75, 3.05) is 39.3 Å². The molecule has 0 aromatic heterocycles. The average molecular weight is 294 g/mol. The zero-order valence-corrected chi connectivity index (χ0v) is 14.0. The third-order valence-corrected chi connectivity index (χ3v) is 3.40. The summed E-state index contributed by atoms with van der Waals surface area (Å²) >= 11 is 0. The van der Waals surface area contributed by atoms with Gasteiger partial charge in [0.25, 0.3) is 0 Å². The average Bonchev–Trinajstić information content (AvgIpc) is 2.43. The molecule has 0 spiro atoms. The number of amides is 1. The first kappa shape index (κ1) is 18.0. The fourth-order valence-electron chi connectivity index (χ4n) is 2.22. The molecule has 1 aliphatic heterocycles. The molecule has 21 heavy (non-hydrogen) atoms. The SMILES string of the molecule is CC(C)C#CCN1CCN(C(=O)CCCOC(C)C)CC1. The van der Waals surface area contributed by atoms with Gasteiger partial charge in [-0.1, -0.05) is 25.7 Å². The van der Waals surface area contributed by atoms with E-state index in [1.807, 2.05) is 18.7 Å². The molecule has 1 heterocycles. The van der Waals surface area contributed by atoms with Crippen molar-refractivity contribution in [1.29, 1.82) is 0 Å². The van der Waals surface area contributed by atoms with Crippen LogP contribution in [0.15, 0.2) is 0 Å². The fourth-order valence-corrected chi connectivity index (χ4v) is 2.22. The summed E-state index contributed by atoms with van der Waals surface area (Å²) in [4.78, 5) is 16.4. The highest BCUT2D eigenvalue weighted by Crippen LogP contribution is 2.05. The highest BCUT2D eigenvalue weighted by molar-refractivity contribution is 5.76. The largest absolute Gasteiger partial charge is 0.379 e. The summed E-state index contributed by atoms with van der Waals surface area (Å²) in [6, 6.07) is 0. The van der Waals surface area contributed by atoms with Crippen molar-refractivity contribution in [3.8, 4) is 11.8 Å². The van der Waals surface area contributed by atoms with E-state index < -0.39 is 0 Å². The first-order valence-electron chi connectivity index (χ1n) is 8.09. The number of ether oxygens (including phenoxy) is 1. The van der Waals surface area contributed by atoms with E-state index in [0.717, 1.165) is 39.1 Å². The van der Waals surface area contributed by atoms with Gasteiger partial charge in [0, 0.05) is 45.1 Å². The predicted octanol–water partition coefficient (Wildman–Crippen LogP) is 2.00. The first-order chi connectivity index (χ1) is 9.99. The van der Waals surface area contributed by atoms with Crippen LogP contribution in [-0.4, -0.2) is 61.1 Å². The van der Waals surface area contributed by atoms with Crippen molar-refractivity contribution in [2.24, 2.45) is 5.92 Å². The zero-order chi connectivity index (χ0) is 15.7. The summed E-state index contributed by atoms with van der Waals surface area (Å²) in [7, 11) is 0. The van der Waals surface area contributed by atoms with Crippen LogP contribution < -0.4 is 0 Å². The molecule has 0 atom stereocenters. The first-order valence-corrected chi connectivity index (χ1v) is 8.09. The highest BCUT2D eigenvalue weighted by Gasteiger charge is 2.19. The molecule has 1 rings (SSSR count). The molecular formula is C17H30N2O2. The second-order valence-electron chi connectivity index (χ2n) is 6.16. The minimum Gasteiger partial charge on any atom is -0.379 e. The number of nitrogens with zero attached hydrogens (tertiary/aromatic N) is 2. The van der Waals surface area contributed by atoms with E-state index in [1.165, 1.54) is 0 Å². The smallest absolute Gasteiger partial charge is 0.222 e. The molecule has 1 saturated heterocycles. The number of carbonyl (C=O) groups is 1. The molecule has 0 bridgehead atoms. The second-order valence-corrected chi connectivity index (χ2v) is 6.16. The van der Waals surface area contributed by atoms with E-state index in [9.17, 15) is 4.79 Å². The third-order valence-electron chi connectivity index (χ3n) is 3.40. The Labute approximate surface area is 129 Å². The Morgan fingerprint density at radius 3 is 2.38 bits per heavy atom. The van der Waals surface area contributed by atoms with Crippen LogP contribution in [-0.2, 0) is 9.53 Å². The van der Waals surface area contributed by atoms with Crippen molar-refractivity contribution in [3.05, 3.63) is 0 Å². The molecule has 0 radical (unpaired) electrons. The lowest BCUT2D eigenvalue weighted by Crippen LogP contribution is -2.48. The van der Waals surface area contributed by atoms with Crippen LogP contribution in [0.3, 0.4) is 0 Å². The van der Waals surface area contributed by atoms with Gasteiger partial charge in [-0.05, 0) is 20.3 Å². The molecule has 0 aromatic rings. The molecule has 0 N–H and O–H groups in total. The van der Waals surface area contributed by atoms with Gasteiger partial charge in [0.2, 0.25) is 5.91 Å². The van der Waals surface area contributed by atoms with Crippen LogP contribution in [0.5, 0.6) is 0 Å². The van der Waals surface area contributed by atoms with Crippen LogP contribution in [0.1, 0.15) is 40.5 Å². The maximum absolute atomic E-state index is 12.1. The monoisotopic (exact) mass is 294 g/mol. The lowest BCUT2D eigenvalue weighted by atomic mass is 10.2. The van der Waals surface area contributed by atoms with Crippen LogP contribution >= 0.6 is 0 Å². The lowest BCUT2D eigenvalue weighted by Gasteiger charge is -2.33. The van der Waals surface area contributed by atoms with E-state index in [-0.39, 0.29) is 12.0 Å². The molecule has 1 fully saturated rings. The van der Waals surface area contributed by atoms with Gasteiger partial charge < -0.3 is 9.64 Å². The number of rotatable bonds is 6. The quantitative estimate of drug-likeness (QED) is 0.555. The highest BCUT2D eigenvalue weighted by atomic mass is 16.5. The topological polar surface area (TPSA) is 32.8 Å². The van der Waals surface area contributed by atoms with Crippen molar-refractivity contribution in [3.63, 3.8) is 0 Å². The summed E-state index contributed by atoms with van der Waals surface area (Å²) < 4.78 is 5.47. The molecule has 4 heteroatoms. The molecule has 120 valence electrons. The van der Waals surface area contributed by atoms with Gasteiger partial charge in [0.05, 0.1) is 12.6 Å².